The molecule has 11 heteroatoms. The molecule has 2 N–H and O–H groups in total. The fraction of sp³-hybridized carbons (Fsp3) is 0.412. The van der Waals surface area contributed by atoms with Gasteiger partial charge in [-0.25, -0.2) is 0 Å². The Hall–Kier alpha value is -3.11. The van der Waals surface area contributed by atoms with E-state index in [-0.39, 0.29) is 29.8 Å². The molecule has 1 amide bonds. The van der Waals surface area contributed by atoms with Gasteiger partial charge in [0.1, 0.15) is 0 Å². The molecule has 0 radical (unpaired) electrons. The third-order valence-electron chi connectivity index (χ3n) is 6.92. The first-order valence-corrected chi connectivity index (χ1v) is 15.5. The number of halogens is 5. The van der Waals surface area contributed by atoms with Gasteiger partial charge in [-0.3, -0.25) is 9.48 Å². The molecule has 2 atom stereocenters. The molecular weight excluding hydrogens is 626 g/mol. The summed E-state index contributed by atoms with van der Waals surface area (Å²) in [7, 11) is 1.67. The average Bonchev–Trinajstić information content (AvgIpc) is 3.27. The lowest BCUT2D eigenvalue weighted by Crippen LogP contribution is -2.32. The van der Waals surface area contributed by atoms with Crippen LogP contribution in [0.3, 0.4) is 0 Å². The zero-order chi connectivity index (χ0) is 33.4. The Morgan fingerprint density at radius 3 is 2.20 bits per heavy atom. The molecule has 2 unspecified atom stereocenters. The van der Waals surface area contributed by atoms with Gasteiger partial charge in [0.15, 0.2) is 6.29 Å². The molecule has 45 heavy (non-hydrogen) atoms. The standard InChI is InChI=1S/C28H35ClF3N3O3.C6H5Cl/c1-6-7-19(14-23-21-15-20(28(30,31)32)16-22(29)25(21)35(5)34-23)17-8-10-18(11-9-17)26(37)33-13-12-24(36)38-27(2,3)4;7-6-4-2-1-3-5-6/h8-11,15-16,19,24,36H,6-7,12-14H2,1-5H3,(H,33,37);1-5H. The number of aromatic nitrogens is 2. The number of rotatable bonds is 10. The van der Waals surface area contributed by atoms with Crippen molar-refractivity contribution in [1.82, 2.24) is 15.1 Å². The maximum Gasteiger partial charge on any atom is 0.416 e. The van der Waals surface area contributed by atoms with Gasteiger partial charge in [-0.1, -0.05) is 66.9 Å². The van der Waals surface area contributed by atoms with Gasteiger partial charge >= 0.3 is 6.18 Å². The molecule has 0 aliphatic heterocycles. The number of aryl methyl sites for hydroxylation is 1. The molecule has 0 saturated carbocycles. The minimum absolute atomic E-state index is 0.00627. The van der Waals surface area contributed by atoms with Crippen molar-refractivity contribution in [1.29, 1.82) is 0 Å². The lowest BCUT2D eigenvalue weighted by Gasteiger charge is -2.24. The smallest absolute Gasteiger partial charge is 0.368 e. The van der Waals surface area contributed by atoms with Crippen LogP contribution in [0.25, 0.3) is 10.9 Å². The lowest BCUT2D eigenvalue weighted by atomic mass is 9.89. The van der Waals surface area contributed by atoms with Crippen LogP contribution in [-0.2, 0) is 24.4 Å². The molecule has 0 spiro atoms. The Bertz CT molecular complexity index is 1540. The van der Waals surface area contributed by atoms with Crippen LogP contribution in [0.2, 0.25) is 10.0 Å². The van der Waals surface area contributed by atoms with Gasteiger partial charge < -0.3 is 15.2 Å². The van der Waals surface area contributed by atoms with Gasteiger partial charge in [-0.2, -0.15) is 18.3 Å². The van der Waals surface area contributed by atoms with Crippen molar-refractivity contribution in [2.24, 2.45) is 7.05 Å². The summed E-state index contributed by atoms with van der Waals surface area (Å²) in [5.41, 5.74) is 1.17. The fourth-order valence-electron chi connectivity index (χ4n) is 4.92. The van der Waals surface area contributed by atoms with Crippen LogP contribution < -0.4 is 5.32 Å². The van der Waals surface area contributed by atoms with Crippen LogP contribution in [-0.4, -0.2) is 39.2 Å². The Morgan fingerprint density at radius 2 is 1.67 bits per heavy atom. The summed E-state index contributed by atoms with van der Waals surface area (Å²) in [6, 6.07) is 18.7. The van der Waals surface area contributed by atoms with E-state index in [1.54, 1.807) is 19.2 Å². The highest BCUT2D eigenvalue weighted by atomic mass is 35.5. The molecule has 4 rings (SSSR count). The normalized spacial score (nSPS) is 13.2. The van der Waals surface area contributed by atoms with Crippen molar-refractivity contribution in [2.75, 3.05) is 6.54 Å². The maximum atomic E-state index is 13.4. The summed E-state index contributed by atoms with van der Waals surface area (Å²) < 4.78 is 47.2. The van der Waals surface area contributed by atoms with Gasteiger partial charge in [-0.15, -0.1) is 0 Å². The summed E-state index contributed by atoms with van der Waals surface area (Å²) in [6.07, 6.45) is -3.13. The minimum atomic E-state index is -4.51. The number of hydrogen-bond donors (Lipinski definition) is 2. The summed E-state index contributed by atoms with van der Waals surface area (Å²) in [4.78, 5) is 12.6. The second-order valence-electron chi connectivity index (χ2n) is 11.8. The Morgan fingerprint density at radius 1 is 1.02 bits per heavy atom. The summed E-state index contributed by atoms with van der Waals surface area (Å²) in [5, 5.41) is 18.4. The van der Waals surface area contributed by atoms with E-state index in [9.17, 15) is 23.1 Å². The summed E-state index contributed by atoms with van der Waals surface area (Å²) in [5.74, 6) is -0.273. The lowest BCUT2D eigenvalue weighted by molar-refractivity contribution is -0.167. The highest BCUT2D eigenvalue weighted by molar-refractivity contribution is 6.35. The predicted molar refractivity (Wildman–Crippen MR) is 174 cm³/mol. The van der Waals surface area contributed by atoms with E-state index in [2.05, 4.69) is 10.4 Å². The number of fused-ring (bicyclic) bond motifs is 1. The molecule has 0 fully saturated rings. The second kappa shape index (κ2) is 15.9. The van der Waals surface area contributed by atoms with Gasteiger partial charge in [0.05, 0.1) is 27.4 Å². The first-order valence-electron chi connectivity index (χ1n) is 14.8. The van der Waals surface area contributed by atoms with Gasteiger partial charge in [0, 0.05) is 36.0 Å². The molecular formula is C34H40Cl2F3N3O3. The van der Waals surface area contributed by atoms with Gasteiger partial charge in [-0.05, 0) is 81.5 Å². The van der Waals surface area contributed by atoms with Crippen molar-refractivity contribution < 1.29 is 27.8 Å². The molecule has 1 heterocycles. The highest BCUT2D eigenvalue weighted by Gasteiger charge is 2.32. The Labute approximate surface area is 272 Å². The van der Waals surface area contributed by atoms with Crippen LogP contribution in [0.4, 0.5) is 13.2 Å². The van der Waals surface area contributed by atoms with E-state index in [0.717, 1.165) is 35.6 Å². The molecule has 6 nitrogen and oxygen atoms in total. The quantitative estimate of drug-likeness (QED) is 0.166. The van der Waals surface area contributed by atoms with E-state index in [1.165, 1.54) is 4.68 Å². The van der Waals surface area contributed by atoms with Crippen LogP contribution in [0.1, 0.15) is 80.1 Å². The number of nitrogens with one attached hydrogen (secondary N) is 1. The van der Waals surface area contributed by atoms with E-state index >= 15 is 0 Å². The number of hydrogen-bond acceptors (Lipinski definition) is 4. The van der Waals surface area contributed by atoms with Crippen LogP contribution >= 0.6 is 23.2 Å². The van der Waals surface area contributed by atoms with Crippen LogP contribution in [0, 0.1) is 0 Å². The fourth-order valence-corrected chi connectivity index (χ4v) is 5.40. The van der Waals surface area contributed by atoms with Crippen molar-refractivity contribution in [3.05, 3.63) is 99.2 Å². The Kier molecular flexibility index (Phi) is 12.9. The molecule has 0 saturated heterocycles. The van der Waals surface area contributed by atoms with E-state index < -0.39 is 23.6 Å². The molecule has 3 aromatic carbocycles. The van der Waals surface area contributed by atoms with Crippen LogP contribution in [0.5, 0.6) is 0 Å². The molecule has 0 bridgehead atoms. The number of alkyl halides is 3. The SMILES string of the molecule is CCCC(Cc1nn(C)c2c(Cl)cc(C(F)(F)F)cc12)c1ccc(C(=O)NCCC(O)OC(C)(C)C)cc1.Clc1ccccc1. The molecule has 244 valence electrons. The van der Waals surface area contributed by atoms with Crippen LogP contribution in [0.15, 0.2) is 66.7 Å². The van der Waals surface area contributed by atoms with E-state index in [4.69, 9.17) is 27.9 Å². The number of carbonyl (C=O) groups excluding carboxylic acids is 1. The monoisotopic (exact) mass is 665 g/mol. The first-order chi connectivity index (χ1) is 21.1. The number of nitrogens with zero attached hydrogens (tertiary/aromatic N) is 2. The second-order valence-corrected chi connectivity index (χ2v) is 12.6. The highest BCUT2D eigenvalue weighted by Crippen LogP contribution is 2.37. The Balaban J connectivity index is 0.000000693. The largest absolute Gasteiger partial charge is 0.416 e. The molecule has 4 aromatic rings. The van der Waals surface area contributed by atoms with Crippen molar-refractivity contribution in [3.63, 3.8) is 0 Å². The van der Waals surface area contributed by atoms with Gasteiger partial charge in [0.2, 0.25) is 0 Å². The first kappa shape index (κ1) is 36.4. The molecule has 1 aromatic heterocycles. The minimum Gasteiger partial charge on any atom is -0.368 e. The summed E-state index contributed by atoms with van der Waals surface area (Å²) >= 11 is 11.8. The number of amides is 1. The van der Waals surface area contributed by atoms with Gasteiger partial charge in [0.25, 0.3) is 5.91 Å². The molecule has 0 aliphatic rings. The van der Waals surface area contributed by atoms with E-state index in [1.807, 2.05) is 70.2 Å². The topological polar surface area (TPSA) is 76.4 Å². The zero-order valence-corrected chi connectivity index (χ0v) is 27.6. The molecule has 0 aliphatic carbocycles. The van der Waals surface area contributed by atoms with Crippen molar-refractivity contribution in [3.8, 4) is 0 Å². The zero-order valence-electron chi connectivity index (χ0n) is 26.1. The predicted octanol–water partition coefficient (Wildman–Crippen LogP) is 8.97. The average molecular weight is 667 g/mol. The number of aliphatic hydroxyl groups excluding tert-OH is 1. The van der Waals surface area contributed by atoms with Crippen molar-refractivity contribution in [2.45, 2.75) is 77.4 Å². The number of carbonyl (C=O) groups is 1. The third-order valence-corrected chi connectivity index (χ3v) is 7.46. The number of benzene rings is 3. The van der Waals surface area contributed by atoms with E-state index in [0.29, 0.717) is 28.6 Å². The summed E-state index contributed by atoms with van der Waals surface area (Å²) in [6.45, 7) is 7.82. The number of aliphatic hydroxyl groups is 1. The van der Waals surface area contributed by atoms with Crippen molar-refractivity contribution >= 4 is 40.0 Å². The third kappa shape index (κ3) is 11.0. The maximum absolute atomic E-state index is 13.4. The number of ether oxygens (including phenoxy) is 1.